The largest absolute Gasteiger partial charge is 0.314 e. The van der Waals surface area contributed by atoms with Crippen molar-refractivity contribution in [3.63, 3.8) is 0 Å². The number of nitrogens with one attached hydrogen (secondary N) is 1. The summed E-state index contributed by atoms with van der Waals surface area (Å²) in [6, 6.07) is 0.609. The lowest BCUT2D eigenvalue weighted by Crippen LogP contribution is -2.38. The molecule has 1 aromatic heterocycles. The van der Waals surface area contributed by atoms with Crippen LogP contribution in [0.1, 0.15) is 39.2 Å². The topological polar surface area (TPSA) is 33.1 Å². The van der Waals surface area contributed by atoms with Crippen molar-refractivity contribution in [1.29, 1.82) is 0 Å². The van der Waals surface area contributed by atoms with Gasteiger partial charge in [0.1, 0.15) is 0 Å². The number of hydrogen-bond donors (Lipinski definition) is 1. The molecule has 0 unspecified atom stereocenters. The number of likely N-dealkylation sites (tertiary alicyclic amines) is 1. The second-order valence-electron chi connectivity index (χ2n) is 5.99. The average molecular weight is 264 g/mol. The molecule has 0 saturated carbocycles. The van der Waals surface area contributed by atoms with E-state index in [0.29, 0.717) is 6.04 Å². The minimum atomic E-state index is 0.609. The van der Waals surface area contributed by atoms with Crippen molar-refractivity contribution < 1.29 is 0 Å². The Hall–Kier alpha value is -0.870. The summed E-state index contributed by atoms with van der Waals surface area (Å²) in [5, 5.41) is 7.90. The first-order chi connectivity index (χ1) is 9.17. The number of nitrogens with zero attached hydrogens (tertiary/aromatic N) is 3. The van der Waals surface area contributed by atoms with Gasteiger partial charge in [-0.05, 0) is 45.3 Å². The van der Waals surface area contributed by atoms with E-state index in [1.54, 1.807) is 0 Å². The second-order valence-corrected chi connectivity index (χ2v) is 5.99. The van der Waals surface area contributed by atoms with Crippen LogP contribution in [0.3, 0.4) is 0 Å². The van der Waals surface area contributed by atoms with E-state index in [2.05, 4.69) is 42.3 Å². The van der Waals surface area contributed by atoms with Crippen molar-refractivity contribution in [2.24, 2.45) is 5.92 Å². The third-order valence-electron chi connectivity index (χ3n) is 3.94. The highest BCUT2D eigenvalue weighted by molar-refractivity contribution is 5.03. The summed E-state index contributed by atoms with van der Waals surface area (Å²) in [5.74, 6) is 0.858. The van der Waals surface area contributed by atoms with Gasteiger partial charge in [-0.1, -0.05) is 13.8 Å². The first kappa shape index (κ1) is 14.5. The average Bonchev–Trinajstić information content (AvgIpc) is 2.85. The molecule has 2 heterocycles. The van der Waals surface area contributed by atoms with Gasteiger partial charge in [0.15, 0.2) is 0 Å². The minimum absolute atomic E-state index is 0.609. The van der Waals surface area contributed by atoms with Crippen LogP contribution < -0.4 is 5.32 Å². The van der Waals surface area contributed by atoms with Crippen LogP contribution in [0.4, 0.5) is 0 Å². The Kier molecular flexibility index (Phi) is 5.40. The third kappa shape index (κ3) is 4.62. The highest BCUT2D eigenvalue weighted by Crippen LogP contribution is 2.18. The van der Waals surface area contributed by atoms with E-state index in [0.717, 1.165) is 19.0 Å². The van der Waals surface area contributed by atoms with E-state index in [1.807, 2.05) is 10.9 Å². The fourth-order valence-corrected chi connectivity index (χ4v) is 2.67. The van der Waals surface area contributed by atoms with Crippen LogP contribution >= 0.6 is 0 Å². The van der Waals surface area contributed by atoms with Crippen molar-refractivity contribution in [1.82, 2.24) is 20.0 Å². The molecule has 1 N–H and O–H groups in total. The zero-order chi connectivity index (χ0) is 13.7. The van der Waals surface area contributed by atoms with Crippen LogP contribution in [0.25, 0.3) is 0 Å². The summed E-state index contributed by atoms with van der Waals surface area (Å²) >= 11 is 0. The number of hydrogen-bond acceptors (Lipinski definition) is 3. The van der Waals surface area contributed by atoms with Gasteiger partial charge in [0.05, 0.1) is 6.20 Å². The molecule has 1 aliphatic heterocycles. The Bertz CT molecular complexity index is 364. The molecule has 1 aromatic rings. The van der Waals surface area contributed by atoms with Gasteiger partial charge in [-0.3, -0.25) is 9.58 Å². The zero-order valence-corrected chi connectivity index (χ0v) is 12.6. The molecule has 0 spiro atoms. The predicted molar refractivity (Wildman–Crippen MR) is 79.0 cm³/mol. The molecule has 0 radical (unpaired) electrons. The Balaban J connectivity index is 1.71. The summed E-state index contributed by atoms with van der Waals surface area (Å²) in [7, 11) is 0. The third-order valence-corrected chi connectivity index (χ3v) is 3.94. The number of aromatic nitrogens is 2. The Morgan fingerprint density at radius 1 is 1.37 bits per heavy atom. The van der Waals surface area contributed by atoms with Gasteiger partial charge in [-0.15, -0.1) is 0 Å². The monoisotopic (exact) mass is 264 g/mol. The molecular weight excluding hydrogens is 236 g/mol. The maximum Gasteiger partial charge on any atom is 0.0534 e. The van der Waals surface area contributed by atoms with Crippen LogP contribution in [-0.2, 0) is 13.1 Å². The quantitative estimate of drug-likeness (QED) is 0.854. The molecule has 19 heavy (non-hydrogen) atoms. The van der Waals surface area contributed by atoms with Gasteiger partial charge in [-0.2, -0.15) is 5.10 Å². The summed E-state index contributed by atoms with van der Waals surface area (Å²) in [6.45, 7) is 12.2. The SMILES string of the molecule is CCn1cc(CN2CCC(CNC(C)C)CC2)cn1. The molecule has 0 aliphatic carbocycles. The molecule has 0 amide bonds. The maximum atomic E-state index is 4.34. The lowest BCUT2D eigenvalue weighted by Gasteiger charge is -2.32. The number of rotatable bonds is 6. The van der Waals surface area contributed by atoms with Gasteiger partial charge in [0, 0.05) is 30.9 Å². The summed E-state index contributed by atoms with van der Waals surface area (Å²) in [5.41, 5.74) is 1.35. The number of aryl methyl sites for hydroxylation is 1. The van der Waals surface area contributed by atoms with E-state index >= 15 is 0 Å². The van der Waals surface area contributed by atoms with Gasteiger partial charge in [-0.25, -0.2) is 0 Å². The maximum absolute atomic E-state index is 4.34. The Morgan fingerprint density at radius 2 is 2.11 bits per heavy atom. The van der Waals surface area contributed by atoms with Gasteiger partial charge in [0.2, 0.25) is 0 Å². The lowest BCUT2D eigenvalue weighted by molar-refractivity contribution is 0.174. The predicted octanol–water partition coefficient (Wildman–Crippen LogP) is 2.11. The van der Waals surface area contributed by atoms with Crippen LogP contribution in [-0.4, -0.2) is 40.4 Å². The normalized spacial score (nSPS) is 18.3. The van der Waals surface area contributed by atoms with E-state index in [4.69, 9.17) is 0 Å². The van der Waals surface area contributed by atoms with Crippen LogP contribution in [0.5, 0.6) is 0 Å². The van der Waals surface area contributed by atoms with Crippen molar-refractivity contribution in [3.8, 4) is 0 Å². The molecule has 4 heteroatoms. The smallest absolute Gasteiger partial charge is 0.0534 e. The molecule has 0 bridgehead atoms. The molecular formula is C15H28N4. The summed E-state index contributed by atoms with van der Waals surface area (Å²) in [6.07, 6.45) is 6.82. The standard InChI is InChI=1S/C15H28N4/c1-4-19-12-15(10-17-19)11-18-7-5-14(6-8-18)9-16-13(2)3/h10,12-14,16H,4-9,11H2,1-3H3. The first-order valence-electron chi connectivity index (χ1n) is 7.64. The van der Waals surface area contributed by atoms with E-state index in [9.17, 15) is 0 Å². The van der Waals surface area contributed by atoms with E-state index in [-0.39, 0.29) is 0 Å². The number of piperidine rings is 1. The van der Waals surface area contributed by atoms with E-state index in [1.165, 1.54) is 38.0 Å². The van der Waals surface area contributed by atoms with Crippen LogP contribution in [0.2, 0.25) is 0 Å². The zero-order valence-electron chi connectivity index (χ0n) is 12.6. The molecule has 4 nitrogen and oxygen atoms in total. The molecule has 1 aliphatic rings. The van der Waals surface area contributed by atoms with Gasteiger partial charge < -0.3 is 5.32 Å². The highest BCUT2D eigenvalue weighted by atomic mass is 15.3. The van der Waals surface area contributed by atoms with Crippen molar-refractivity contribution in [2.75, 3.05) is 19.6 Å². The second kappa shape index (κ2) is 7.06. The van der Waals surface area contributed by atoms with Crippen molar-refractivity contribution in [2.45, 2.75) is 52.7 Å². The molecule has 1 saturated heterocycles. The molecule has 108 valence electrons. The molecule has 1 fully saturated rings. The Labute approximate surface area is 117 Å². The first-order valence-corrected chi connectivity index (χ1v) is 7.64. The van der Waals surface area contributed by atoms with E-state index < -0.39 is 0 Å². The fraction of sp³-hybridized carbons (Fsp3) is 0.800. The Morgan fingerprint density at radius 3 is 2.68 bits per heavy atom. The lowest BCUT2D eigenvalue weighted by atomic mass is 9.96. The van der Waals surface area contributed by atoms with Crippen LogP contribution in [0.15, 0.2) is 12.4 Å². The molecule has 0 aromatic carbocycles. The fourth-order valence-electron chi connectivity index (χ4n) is 2.67. The summed E-state index contributed by atoms with van der Waals surface area (Å²) in [4.78, 5) is 2.56. The molecule has 0 atom stereocenters. The van der Waals surface area contributed by atoms with Gasteiger partial charge in [0.25, 0.3) is 0 Å². The molecule has 2 rings (SSSR count). The minimum Gasteiger partial charge on any atom is -0.314 e. The summed E-state index contributed by atoms with van der Waals surface area (Å²) < 4.78 is 2.01. The van der Waals surface area contributed by atoms with Crippen LogP contribution in [0, 0.1) is 5.92 Å². The highest BCUT2D eigenvalue weighted by Gasteiger charge is 2.19. The van der Waals surface area contributed by atoms with Gasteiger partial charge >= 0.3 is 0 Å². The van der Waals surface area contributed by atoms with Crippen molar-refractivity contribution >= 4 is 0 Å². The van der Waals surface area contributed by atoms with Crippen molar-refractivity contribution in [3.05, 3.63) is 18.0 Å².